The molecule has 1 aromatic heterocycles. The molecule has 0 N–H and O–H groups in total. The number of methoxy groups -OCH3 is 2. The van der Waals surface area contributed by atoms with Gasteiger partial charge >= 0.3 is 0 Å². The monoisotopic (exact) mass is 358 g/mol. The number of hydrogen-bond acceptors (Lipinski definition) is 4. The Balaban J connectivity index is 1.95. The van der Waals surface area contributed by atoms with Crippen LogP contribution in [0, 0.1) is 0 Å². The Labute approximate surface area is 130 Å². The Morgan fingerprint density at radius 3 is 2.32 bits per heavy atom. The van der Waals surface area contributed by atoms with Crippen molar-refractivity contribution in [1.29, 1.82) is 0 Å². The van der Waals surface area contributed by atoms with Gasteiger partial charge in [-0.1, -0.05) is 12.1 Å². The predicted octanol–water partition coefficient (Wildman–Crippen LogP) is 5.09. The second kappa shape index (κ2) is 7.45. The van der Waals surface area contributed by atoms with E-state index in [9.17, 15) is 0 Å². The van der Waals surface area contributed by atoms with Crippen LogP contribution in [0.4, 0.5) is 0 Å². The Bertz CT molecular complexity index is 506. The van der Waals surface area contributed by atoms with Crippen LogP contribution in [0.5, 0.6) is 0 Å². The van der Waals surface area contributed by atoms with Gasteiger partial charge in [0.05, 0.1) is 3.79 Å². The van der Waals surface area contributed by atoms with Crippen LogP contribution < -0.4 is 0 Å². The highest BCUT2D eigenvalue weighted by Crippen LogP contribution is 2.30. The maximum atomic E-state index is 5.22. The summed E-state index contributed by atoms with van der Waals surface area (Å²) in [4.78, 5) is 2.62. The lowest BCUT2D eigenvalue weighted by Crippen LogP contribution is -2.02. The molecule has 0 aliphatic rings. The SMILES string of the molecule is COC(OC)c1ccc(SCc2ccc(Br)s2)cc1. The van der Waals surface area contributed by atoms with Crippen molar-refractivity contribution in [3.63, 3.8) is 0 Å². The molecule has 0 aliphatic carbocycles. The lowest BCUT2D eigenvalue weighted by Gasteiger charge is -2.13. The second-order valence-corrected chi connectivity index (χ2v) is 7.46. The molecule has 0 spiro atoms. The lowest BCUT2D eigenvalue weighted by atomic mass is 10.2. The van der Waals surface area contributed by atoms with Gasteiger partial charge in [-0.2, -0.15) is 0 Å². The van der Waals surface area contributed by atoms with Crippen LogP contribution in [0.3, 0.4) is 0 Å². The van der Waals surface area contributed by atoms with E-state index in [1.807, 2.05) is 23.9 Å². The number of halogens is 1. The first-order valence-electron chi connectivity index (χ1n) is 5.75. The molecule has 2 nitrogen and oxygen atoms in total. The number of thiophene rings is 1. The van der Waals surface area contributed by atoms with Gasteiger partial charge in [0.2, 0.25) is 0 Å². The van der Waals surface area contributed by atoms with Gasteiger partial charge in [0, 0.05) is 35.3 Å². The number of thioether (sulfide) groups is 1. The number of hydrogen-bond donors (Lipinski definition) is 0. The van der Waals surface area contributed by atoms with Crippen molar-refractivity contribution < 1.29 is 9.47 Å². The molecule has 0 bridgehead atoms. The smallest absolute Gasteiger partial charge is 0.183 e. The van der Waals surface area contributed by atoms with E-state index in [0.29, 0.717) is 0 Å². The molecular formula is C14H15BrO2S2. The third-order valence-corrected chi connectivity index (χ3v) is 5.46. The van der Waals surface area contributed by atoms with Crippen LogP contribution in [-0.4, -0.2) is 14.2 Å². The topological polar surface area (TPSA) is 18.5 Å². The molecule has 0 unspecified atom stereocenters. The summed E-state index contributed by atoms with van der Waals surface area (Å²) < 4.78 is 11.6. The molecule has 1 aromatic carbocycles. The van der Waals surface area contributed by atoms with Gasteiger partial charge in [-0.05, 0) is 40.2 Å². The van der Waals surface area contributed by atoms with E-state index in [-0.39, 0.29) is 6.29 Å². The summed E-state index contributed by atoms with van der Waals surface area (Å²) in [6.45, 7) is 0. The molecule has 19 heavy (non-hydrogen) atoms. The highest BCUT2D eigenvalue weighted by molar-refractivity contribution is 9.11. The molecule has 1 heterocycles. The average molecular weight is 359 g/mol. The van der Waals surface area contributed by atoms with Crippen LogP contribution in [0.2, 0.25) is 0 Å². The lowest BCUT2D eigenvalue weighted by molar-refractivity contribution is -0.106. The zero-order valence-electron chi connectivity index (χ0n) is 10.8. The minimum atomic E-state index is -0.285. The van der Waals surface area contributed by atoms with Crippen LogP contribution in [0.25, 0.3) is 0 Å². The van der Waals surface area contributed by atoms with Crippen molar-refractivity contribution >= 4 is 39.0 Å². The highest BCUT2D eigenvalue weighted by atomic mass is 79.9. The van der Waals surface area contributed by atoms with Gasteiger partial charge in [-0.3, -0.25) is 0 Å². The van der Waals surface area contributed by atoms with E-state index in [1.54, 1.807) is 25.6 Å². The average Bonchev–Trinajstić information content (AvgIpc) is 2.85. The molecule has 0 fully saturated rings. The van der Waals surface area contributed by atoms with E-state index in [2.05, 4.69) is 40.2 Å². The summed E-state index contributed by atoms with van der Waals surface area (Å²) in [6, 6.07) is 12.5. The third kappa shape index (κ3) is 4.33. The van der Waals surface area contributed by atoms with Gasteiger partial charge in [-0.15, -0.1) is 23.1 Å². The van der Waals surface area contributed by atoms with Gasteiger partial charge < -0.3 is 9.47 Å². The summed E-state index contributed by atoms with van der Waals surface area (Å²) in [7, 11) is 3.29. The fourth-order valence-electron chi connectivity index (χ4n) is 1.67. The zero-order valence-corrected chi connectivity index (χ0v) is 14.0. The van der Waals surface area contributed by atoms with Crippen molar-refractivity contribution in [2.75, 3.05) is 14.2 Å². The Morgan fingerprint density at radius 1 is 1.11 bits per heavy atom. The first-order valence-corrected chi connectivity index (χ1v) is 8.35. The van der Waals surface area contributed by atoms with E-state index < -0.39 is 0 Å². The van der Waals surface area contributed by atoms with E-state index in [1.165, 1.54) is 13.6 Å². The van der Waals surface area contributed by atoms with Gasteiger partial charge in [0.1, 0.15) is 0 Å². The Kier molecular flexibility index (Phi) is 5.91. The minimum Gasteiger partial charge on any atom is -0.352 e. The summed E-state index contributed by atoms with van der Waals surface area (Å²) in [5, 5.41) is 0. The molecule has 0 saturated heterocycles. The maximum Gasteiger partial charge on any atom is 0.183 e. The van der Waals surface area contributed by atoms with Gasteiger partial charge in [0.25, 0.3) is 0 Å². The summed E-state index contributed by atoms with van der Waals surface area (Å²) >= 11 is 7.09. The molecule has 2 aromatic rings. The third-order valence-electron chi connectivity index (χ3n) is 2.59. The van der Waals surface area contributed by atoms with Crippen molar-refractivity contribution in [3.05, 3.63) is 50.6 Å². The Hall–Kier alpha value is -0.330. The van der Waals surface area contributed by atoms with Gasteiger partial charge in [0.15, 0.2) is 6.29 Å². The summed E-state index contributed by atoms with van der Waals surface area (Å²) in [5.74, 6) is 0.994. The minimum absolute atomic E-state index is 0.285. The molecular weight excluding hydrogens is 344 g/mol. The first kappa shape index (κ1) is 15.1. The summed E-state index contributed by atoms with van der Waals surface area (Å²) in [5.41, 5.74) is 1.04. The van der Waals surface area contributed by atoms with Crippen LogP contribution in [-0.2, 0) is 15.2 Å². The molecule has 0 aliphatic heterocycles. The molecule has 2 rings (SSSR count). The number of rotatable bonds is 6. The first-order chi connectivity index (χ1) is 9.22. The maximum absolute atomic E-state index is 5.22. The fraction of sp³-hybridized carbons (Fsp3) is 0.286. The normalized spacial score (nSPS) is 11.2. The quantitative estimate of drug-likeness (QED) is 0.528. The molecule has 0 radical (unpaired) electrons. The van der Waals surface area contributed by atoms with Gasteiger partial charge in [-0.25, -0.2) is 0 Å². The molecule has 102 valence electrons. The second-order valence-electron chi connectivity index (χ2n) is 3.87. The highest BCUT2D eigenvalue weighted by Gasteiger charge is 2.08. The van der Waals surface area contributed by atoms with Crippen molar-refractivity contribution in [3.8, 4) is 0 Å². The van der Waals surface area contributed by atoms with Crippen molar-refractivity contribution in [1.82, 2.24) is 0 Å². The van der Waals surface area contributed by atoms with Crippen LogP contribution in [0.1, 0.15) is 16.7 Å². The zero-order chi connectivity index (χ0) is 13.7. The number of ether oxygens (including phenoxy) is 2. The van der Waals surface area contributed by atoms with Crippen LogP contribution >= 0.6 is 39.0 Å². The molecule has 0 amide bonds. The van der Waals surface area contributed by atoms with E-state index in [4.69, 9.17) is 9.47 Å². The molecule has 0 saturated carbocycles. The fourth-order valence-corrected chi connectivity index (χ4v) is 4.10. The molecule has 0 atom stereocenters. The van der Waals surface area contributed by atoms with Crippen LogP contribution in [0.15, 0.2) is 45.1 Å². The standard InChI is InChI=1S/C14H15BrO2S2/c1-16-14(17-2)10-3-5-11(6-4-10)18-9-12-7-8-13(15)19-12/h3-8,14H,9H2,1-2H3. The number of benzene rings is 1. The Morgan fingerprint density at radius 2 is 1.79 bits per heavy atom. The largest absolute Gasteiger partial charge is 0.352 e. The summed E-state index contributed by atoms with van der Waals surface area (Å²) in [6.07, 6.45) is -0.285. The molecule has 5 heteroatoms. The van der Waals surface area contributed by atoms with E-state index in [0.717, 1.165) is 11.3 Å². The van der Waals surface area contributed by atoms with Crippen molar-refractivity contribution in [2.45, 2.75) is 16.9 Å². The van der Waals surface area contributed by atoms with Crippen molar-refractivity contribution in [2.24, 2.45) is 0 Å². The van der Waals surface area contributed by atoms with E-state index >= 15 is 0 Å². The predicted molar refractivity (Wildman–Crippen MR) is 84.8 cm³/mol.